The van der Waals surface area contributed by atoms with Gasteiger partial charge in [0, 0.05) is 12.1 Å². The molecule has 0 saturated carbocycles. The van der Waals surface area contributed by atoms with Crippen LogP contribution in [-0.2, 0) is 11.3 Å². The molecule has 0 aliphatic carbocycles. The van der Waals surface area contributed by atoms with E-state index in [0.717, 1.165) is 4.90 Å². The minimum absolute atomic E-state index is 0.0113. The number of imidazole rings is 1. The summed E-state index contributed by atoms with van der Waals surface area (Å²) in [5.74, 6) is -1.24. The van der Waals surface area contributed by atoms with Crippen molar-refractivity contribution in [2.75, 3.05) is 6.54 Å². The van der Waals surface area contributed by atoms with E-state index in [1.54, 1.807) is 23.6 Å². The van der Waals surface area contributed by atoms with Crippen molar-refractivity contribution in [2.45, 2.75) is 38.2 Å². The number of fused-ring (bicyclic) bond motifs is 1. The van der Waals surface area contributed by atoms with Gasteiger partial charge in [-0.15, -0.1) is 0 Å². The molecule has 1 unspecified atom stereocenters. The van der Waals surface area contributed by atoms with Crippen molar-refractivity contribution in [2.24, 2.45) is 0 Å². The number of aromatic nitrogens is 2. The SMILES string of the molecule is C[C@H]1CN(C(=O)C(C)(O)C(F)(F)F)Cc2cnc(-c3ccc(F)cc3)n21. The molecular weight excluding hydrogens is 354 g/mol. The number of hydrogen-bond acceptors (Lipinski definition) is 3. The molecule has 5 nitrogen and oxygen atoms in total. The van der Waals surface area contributed by atoms with Crippen LogP contribution in [0.25, 0.3) is 11.4 Å². The van der Waals surface area contributed by atoms with Crippen molar-refractivity contribution in [3.05, 3.63) is 42.0 Å². The van der Waals surface area contributed by atoms with Crippen LogP contribution in [0.5, 0.6) is 0 Å². The molecule has 9 heteroatoms. The van der Waals surface area contributed by atoms with Crippen LogP contribution in [0.3, 0.4) is 0 Å². The molecule has 0 bridgehead atoms. The van der Waals surface area contributed by atoms with Gasteiger partial charge in [0.1, 0.15) is 11.6 Å². The summed E-state index contributed by atoms with van der Waals surface area (Å²) in [7, 11) is 0. The highest BCUT2D eigenvalue weighted by atomic mass is 19.4. The Morgan fingerprint density at radius 3 is 2.46 bits per heavy atom. The quantitative estimate of drug-likeness (QED) is 0.826. The third-order valence-electron chi connectivity index (χ3n) is 4.51. The number of alkyl halides is 3. The molecule has 1 aliphatic rings. The Bertz CT molecular complexity index is 828. The first-order chi connectivity index (χ1) is 12.0. The molecule has 0 spiro atoms. The van der Waals surface area contributed by atoms with Crippen LogP contribution in [0.1, 0.15) is 25.6 Å². The summed E-state index contributed by atoms with van der Waals surface area (Å²) in [5.41, 5.74) is -2.25. The molecule has 2 heterocycles. The zero-order valence-corrected chi connectivity index (χ0v) is 14.1. The second kappa shape index (κ2) is 6.08. The number of carbonyl (C=O) groups is 1. The Balaban J connectivity index is 1.91. The molecule has 2 aromatic rings. The number of halogens is 4. The van der Waals surface area contributed by atoms with Crippen LogP contribution in [-0.4, -0.2) is 43.8 Å². The molecule has 1 aromatic carbocycles. The van der Waals surface area contributed by atoms with E-state index in [0.29, 0.717) is 24.0 Å². The highest BCUT2D eigenvalue weighted by molar-refractivity contribution is 5.85. The van der Waals surface area contributed by atoms with Gasteiger partial charge in [-0.3, -0.25) is 4.79 Å². The second-order valence-corrected chi connectivity index (χ2v) is 6.55. The third kappa shape index (κ3) is 2.96. The monoisotopic (exact) mass is 371 g/mol. The zero-order chi connectivity index (χ0) is 19.3. The summed E-state index contributed by atoms with van der Waals surface area (Å²) in [4.78, 5) is 17.5. The van der Waals surface area contributed by atoms with E-state index in [4.69, 9.17) is 0 Å². The van der Waals surface area contributed by atoms with Crippen molar-refractivity contribution >= 4 is 5.91 Å². The standard InChI is InChI=1S/C17H17F4N3O2/c1-10-8-23(15(25)16(2,26)17(19,20)21)9-13-7-22-14(24(10)13)11-3-5-12(18)6-4-11/h3-7,10,26H,8-9H2,1-2H3/t10-,16?/m0/s1. The molecule has 140 valence electrons. The molecule has 1 amide bonds. The van der Waals surface area contributed by atoms with Gasteiger partial charge in [-0.1, -0.05) is 0 Å². The summed E-state index contributed by atoms with van der Waals surface area (Å²) >= 11 is 0. The Labute approximate surface area is 146 Å². The number of rotatable bonds is 2. The lowest BCUT2D eigenvalue weighted by Gasteiger charge is -2.37. The van der Waals surface area contributed by atoms with Gasteiger partial charge < -0.3 is 14.6 Å². The number of amides is 1. The lowest BCUT2D eigenvalue weighted by molar-refractivity contribution is -0.251. The van der Waals surface area contributed by atoms with Crippen LogP contribution >= 0.6 is 0 Å². The fourth-order valence-electron chi connectivity index (χ4n) is 3.06. The molecule has 1 N–H and O–H groups in total. The Morgan fingerprint density at radius 1 is 1.27 bits per heavy atom. The molecule has 1 aliphatic heterocycles. The minimum atomic E-state index is -5.07. The topological polar surface area (TPSA) is 58.4 Å². The fraction of sp³-hybridized carbons (Fsp3) is 0.412. The van der Waals surface area contributed by atoms with Gasteiger partial charge in [-0.25, -0.2) is 9.37 Å². The predicted molar refractivity (Wildman–Crippen MR) is 84.4 cm³/mol. The fourth-order valence-corrected chi connectivity index (χ4v) is 3.06. The second-order valence-electron chi connectivity index (χ2n) is 6.55. The first-order valence-electron chi connectivity index (χ1n) is 7.93. The Morgan fingerprint density at radius 2 is 1.88 bits per heavy atom. The van der Waals surface area contributed by atoms with Crippen molar-refractivity contribution in [1.29, 1.82) is 0 Å². The lowest BCUT2D eigenvalue weighted by atomic mass is 10.0. The van der Waals surface area contributed by atoms with Crippen molar-refractivity contribution in [3.63, 3.8) is 0 Å². The molecule has 26 heavy (non-hydrogen) atoms. The average Bonchev–Trinajstić information content (AvgIpc) is 2.98. The first-order valence-corrected chi connectivity index (χ1v) is 7.93. The molecule has 0 radical (unpaired) electrons. The van der Waals surface area contributed by atoms with Gasteiger partial charge in [-0.2, -0.15) is 13.2 Å². The van der Waals surface area contributed by atoms with E-state index in [2.05, 4.69) is 4.98 Å². The smallest absolute Gasteiger partial charge is 0.373 e. The maximum Gasteiger partial charge on any atom is 0.426 e. The highest BCUT2D eigenvalue weighted by Crippen LogP contribution is 2.35. The van der Waals surface area contributed by atoms with Crippen LogP contribution in [0.2, 0.25) is 0 Å². The third-order valence-corrected chi connectivity index (χ3v) is 4.51. The van der Waals surface area contributed by atoms with Gasteiger partial charge >= 0.3 is 6.18 Å². The zero-order valence-electron chi connectivity index (χ0n) is 14.1. The summed E-state index contributed by atoms with van der Waals surface area (Å²) in [6, 6.07) is 5.34. The number of benzene rings is 1. The average molecular weight is 371 g/mol. The van der Waals surface area contributed by atoms with Gasteiger partial charge in [0.2, 0.25) is 5.60 Å². The summed E-state index contributed by atoms with van der Waals surface area (Å²) in [5, 5.41) is 9.64. The number of nitrogens with zero attached hydrogens (tertiary/aromatic N) is 3. The van der Waals surface area contributed by atoms with E-state index in [1.807, 2.05) is 0 Å². The van der Waals surface area contributed by atoms with E-state index < -0.39 is 23.5 Å². The lowest BCUT2D eigenvalue weighted by Crippen LogP contribution is -2.57. The largest absolute Gasteiger partial charge is 0.426 e. The first kappa shape index (κ1) is 18.4. The van der Waals surface area contributed by atoms with Gasteiger partial charge in [-0.05, 0) is 38.1 Å². The van der Waals surface area contributed by atoms with E-state index in [1.165, 1.54) is 18.3 Å². The van der Waals surface area contributed by atoms with Crippen molar-refractivity contribution in [3.8, 4) is 11.4 Å². The molecule has 2 atom stereocenters. The van der Waals surface area contributed by atoms with Crippen molar-refractivity contribution in [1.82, 2.24) is 14.5 Å². The molecule has 1 aromatic heterocycles. The maximum absolute atomic E-state index is 13.1. The van der Waals surface area contributed by atoms with Crippen LogP contribution in [0.4, 0.5) is 17.6 Å². The molecular formula is C17H17F4N3O2. The van der Waals surface area contributed by atoms with Crippen LogP contribution in [0, 0.1) is 5.82 Å². The Kier molecular flexibility index (Phi) is 4.30. The van der Waals surface area contributed by atoms with Crippen molar-refractivity contribution < 1.29 is 27.5 Å². The number of aliphatic hydroxyl groups is 1. The van der Waals surface area contributed by atoms with E-state index in [9.17, 15) is 27.5 Å². The minimum Gasteiger partial charge on any atom is -0.373 e. The number of carbonyl (C=O) groups excluding carboxylic acids is 1. The van der Waals surface area contributed by atoms with Gasteiger partial charge in [0.05, 0.1) is 24.5 Å². The summed E-state index contributed by atoms with van der Waals surface area (Å²) in [6.45, 7) is 2.07. The predicted octanol–water partition coefficient (Wildman–Crippen LogP) is 2.91. The summed E-state index contributed by atoms with van der Waals surface area (Å²) < 4.78 is 53.7. The van der Waals surface area contributed by atoms with Crippen LogP contribution in [0.15, 0.2) is 30.5 Å². The van der Waals surface area contributed by atoms with E-state index >= 15 is 0 Å². The Hall–Kier alpha value is -2.42. The normalized spacial score (nSPS) is 19.8. The summed E-state index contributed by atoms with van der Waals surface area (Å²) in [6.07, 6.45) is -3.60. The molecule has 0 saturated heterocycles. The van der Waals surface area contributed by atoms with Gasteiger partial charge in [0.15, 0.2) is 0 Å². The number of hydrogen-bond donors (Lipinski definition) is 1. The molecule has 0 fully saturated rings. The maximum atomic E-state index is 13.1. The van der Waals surface area contributed by atoms with Crippen LogP contribution < -0.4 is 0 Å². The van der Waals surface area contributed by atoms with E-state index in [-0.39, 0.29) is 19.1 Å². The molecule has 3 rings (SSSR count). The highest BCUT2D eigenvalue weighted by Gasteiger charge is 2.57. The van der Waals surface area contributed by atoms with Gasteiger partial charge in [0.25, 0.3) is 5.91 Å².